The van der Waals surface area contributed by atoms with Crippen molar-refractivity contribution in [2.45, 2.75) is 0 Å². The Morgan fingerprint density at radius 3 is 2.84 bits per heavy atom. The first-order valence-corrected chi connectivity index (χ1v) is 5.61. The van der Waals surface area contributed by atoms with Gasteiger partial charge in [0.05, 0.1) is 22.9 Å². The molecule has 2 rings (SSSR count). The third-order valence-electron chi connectivity index (χ3n) is 2.35. The standard InChI is InChI=1S/C13H7ClFN3O/c14-12-11(2-1-5-17-12)18-13(19)9-4-3-8(7-16)6-10(9)15/h1-6H,(H,18,19). The van der Waals surface area contributed by atoms with Crippen LogP contribution in [0.2, 0.25) is 5.15 Å². The number of carbonyl (C=O) groups excluding carboxylic acids is 1. The van der Waals surface area contributed by atoms with Gasteiger partial charge in [0.15, 0.2) is 5.15 Å². The molecule has 1 heterocycles. The highest BCUT2D eigenvalue weighted by atomic mass is 35.5. The van der Waals surface area contributed by atoms with E-state index in [2.05, 4.69) is 10.3 Å². The molecule has 19 heavy (non-hydrogen) atoms. The third-order valence-corrected chi connectivity index (χ3v) is 2.65. The number of carbonyl (C=O) groups is 1. The van der Waals surface area contributed by atoms with Gasteiger partial charge in [0.25, 0.3) is 5.91 Å². The lowest BCUT2D eigenvalue weighted by Gasteiger charge is -2.07. The summed E-state index contributed by atoms with van der Waals surface area (Å²) < 4.78 is 13.6. The predicted molar refractivity (Wildman–Crippen MR) is 68.3 cm³/mol. The molecule has 0 fully saturated rings. The van der Waals surface area contributed by atoms with E-state index in [1.165, 1.54) is 18.3 Å². The van der Waals surface area contributed by atoms with Crippen molar-refractivity contribution < 1.29 is 9.18 Å². The van der Waals surface area contributed by atoms with E-state index >= 15 is 0 Å². The van der Waals surface area contributed by atoms with Crippen LogP contribution in [0.3, 0.4) is 0 Å². The van der Waals surface area contributed by atoms with Crippen molar-refractivity contribution in [2.75, 3.05) is 5.32 Å². The minimum Gasteiger partial charge on any atom is -0.319 e. The Bertz CT molecular complexity index is 682. The number of hydrogen-bond donors (Lipinski definition) is 1. The highest BCUT2D eigenvalue weighted by Crippen LogP contribution is 2.19. The summed E-state index contributed by atoms with van der Waals surface area (Å²) in [5.74, 6) is -1.42. The molecule has 94 valence electrons. The molecule has 0 aliphatic heterocycles. The Kier molecular flexibility index (Phi) is 3.74. The second-order valence-electron chi connectivity index (χ2n) is 3.60. The van der Waals surface area contributed by atoms with Crippen molar-refractivity contribution >= 4 is 23.2 Å². The van der Waals surface area contributed by atoms with Crippen molar-refractivity contribution in [3.63, 3.8) is 0 Å². The molecular formula is C13H7ClFN3O. The van der Waals surface area contributed by atoms with Crippen LogP contribution in [0.5, 0.6) is 0 Å². The van der Waals surface area contributed by atoms with Gasteiger partial charge >= 0.3 is 0 Å². The normalized spacial score (nSPS) is 9.74. The van der Waals surface area contributed by atoms with Gasteiger partial charge < -0.3 is 5.32 Å². The van der Waals surface area contributed by atoms with Crippen LogP contribution in [0, 0.1) is 17.1 Å². The van der Waals surface area contributed by atoms with Crippen LogP contribution in [0.15, 0.2) is 36.5 Å². The van der Waals surface area contributed by atoms with E-state index in [9.17, 15) is 9.18 Å². The second kappa shape index (κ2) is 5.46. The molecule has 1 aromatic heterocycles. The van der Waals surface area contributed by atoms with Crippen LogP contribution in [-0.4, -0.2) is 10.9 Å². The molecule has 1 amide bonds. The first-order chi connectivity index (χ1) is 9.11. The average Bonchev–Trinajstić information content (AvgIpc) is 2.41. The van der Waals surface area contributed by atoms with Crippen molar-refractivity contribution in [3.05, 3.63) is 58.6 Å². The minimum atomic E-state index is -0.767. The number of nitriles is 1. The summed E-state index contributed by atoms with van der Waals surface area (Å²) in [4.78, 5) is 15.7. The fourth-order valence-corrected chi connectivity index (χ4v) is 1.60. The maximum Gasteiger partial charge on any atom is 0.258 e. The van der Waals surface area contributed by atoms with Crippen LogP contribution in [0.25, 0.3) is 0 Å². The van der Waals surface area contributed by atoms with E-state index in [1.807, 2.05) is 0 Å². The summed E-state index contributed by atoms with van der Waals surface area (Å²) in [7, 11) is 0. The van der Waals surface area contributed by atoms with E-state index in [0.717, 1.165) is 6.07 Å². The summed E-state index contributed by atoms with van der Waals surface area (Å²) in [6, 6.07) is 8.54. The van der Waals surface area contributed by atoms with Crippen LogP contribution >= 0.6 is 11.6 Å². The molecule has 2 aromatic rings. The molecule has 0 radical (unpaired) electrons. The Labute approximate surface area is 113 Å². The summed E-state index contributed by atoms with van der Waals surface area (Å²) in [5.41, 5.74) is 0.269. The number of aromatic nitrogens is 1. The fourth-order valence-electron chi connectivity index (χ4n) is 1.44. The van der Waals surface area contributed by atoms with Gasteiger partial charge in [-0.2, -0.15) is 5.26 Å². The molecule has 0 aliphatic carbocycles. The second-order valence-corrected chi connectivity index (χ2v) is 3.96. The maximum absolute atomic E-state index is 13.6. The summed E-state index contributed by atoms with van der Waals surface area (Å²) in [6.45, 7) is 0. The lowest BCUT2D eigenvalue weighted by atomic mass is 10.1. The molecule has 6 heteroatoms. The molecule has 0 bridgehead atoms. The number of amides is 1. The third kappa shape index (κ3) is 2.87. The Balaban J connectivity index is 2.26. The monoisotopic (exact) mass is 275 g/mol. The van der Waals surface area contributed by atoms with E-state index in [1.54, 1.807) is 18.2 Å². The van der Waals surface area contributed by atoms with E-state index in [-0.39, 0.29) is 22.0 Å². The van der Waals surface area contributed by atoms with Gasteiger partial charge in [-0.25, -0.2) is 9.37 Å². The Hall–Kier alpha value is -2.45. The van der Waals surface area contributed by atoms with Gasteiger partial charge in [0.1, 0.15) is 5.82 Å². The fraction of sp³-hybridized carbons (Fsp3) is 0. The van der Waals surface area contributed by atoms with Gasteiger partial charge in [0, 0.05) is 6.20 Å². The number of anilines is 1. The number of halogens is 2. The number of hydrogen-bond acceptors (Lipinski definition) is 3. The number of benzene rings is 1. The van der Waals surface area contributed by atoms with E-state index in [4.69, 9.17) is 16.9 Å². The minimum absolute atomic E-state index is 0.116. The van der Waals surface area contributed by atoms with Gasteiger partial charge in [-0.1, -0.05) is 11.6 Å². The van der Waals surface area contributed by atoms with Gasteiger partial charge in [-0.15, -0.1) is 0 Å². The zero-order chi connectivity index (χ0) is 13.8. The van der Waals surface area contributed by atoms with Crippen molar-refractivity contribution in [1.82, 2.24) is 4.98 Å². The molecule has 1 N–H and O–H groups in total. The number of rotatable bonds is 2. The van der Waals surface area contributed by atoms with Gasteiger partial charge in [-0.3, -0.25) is 4.79 Å². The number of nitrogens with zero attached hydrogens (tertiary/aromatic N) is 2. The van der Waals surface area contributed by atoms with Gasteiger partial charge in [0.2, 0.25) is 0 Å². The molecular weight excluding hydrogens is 269 g/mol. The zero-order valence-electron chi connectivity index (χ0n) is 9.52. The van der Waals surface area contributed by atoms with Crippen molar-refractivity contribution in [2.24, 2.45) is 0 Å². The molecule has 1 aromatic carbocycles. The van der Waals surface area contributed by atoms with Crippen LogP contribution in [0.1, 0.15) is 15.9 Å². The first-order valence-electron chi connectivity index (χ1n) is 5.23. The smallest absolute Gasteiger partial charge is 0.258 e. The molecule has 4 nitrogen and oxygen atoms in total. The van der Waals surface area contributed by atoms with Crippen molar-refractivity contribution in [1.29, 1.82) is 5.26 Å². The SMILES string of the molecule is N#Cc1ccc(C(=O)Nc2cccnc2Cl)c(F)c1. The number of nitrogens with one attached hydrogen (secondary N) is 1. The summed E-state index contributed by atoms with van der Waals surface area (Å²) >= 11 is 5.78. The van der Waals surface area contributed by atoms with E-state index < -0.39 is 11.7 Å². The quantitative estimate of drug-likeness (QED) is 0.857. The van der Waals surface area contributed by atoms with Crippen LogP contribution < -0.4 is 5.32 Å². The predicted octanol–water partition coefficient (Wildman–Crippen LogP) is 3.00. The Morgan fingerprint density at radius 2 is 2.21 bits per heavy atom. The topological polar surface area (TPSA) is 65.8 Å². The lowest BCUT2D eigenvalue weighted by Crippen LogP contribution is -2.14. The first kappa shape index (κ1) is 13.0. The van der Waals surface area contributed by atoms with Crippen molar-refractivity contribution in [3.8, 4) is 6.07 Å². The molecule has 0 saturated heterocycles. The molecule has 0 spiro atoms. The lowest BCUT2D eigenvalue weighted by molar-refractivity contribution is 0.102. The van der Waals surface area contributed by atoms with E-state index in [0.29, 0.717) is 0 Å². The molecule has 0 saturated carbocycles. The highest BCUT2D eigenvalue weighted by Gasteiger charge is 2.13. The Morgan fingerprint density at radius 1 is 1.42 bits per heavy atom. The summed E-state index contributed by atoms with van der Waals surface area (Å²) in [6.07, 6.45) is 1.47. The van der Waals surface area contributed by atoms with Crippen LogP contribution in [0.4, 0.5) is 10.1 Å². The summed E-state index contributed by atoms with van der Waals surface area (Å²) in [5, 5.41) is 11.2. The molecule has 0 unspecified atom stereocenters. The van der Waals surface area contributed by atoms with Gasteiger partial charge in [-0.05, 0) is 30.3 Å². The average molecular weight is 276 g/mol. The zero-order valence-corrected chi connectivity index (χ0v) is 10.3. The largest absolute Gasteiger partial charge is 0.319 e. The number of pyridine rings is 1. The van der Waals surface area contributed by atoms with Crippen LogP contribution in [-0.2, 0) is 0 Å². The maximum atomic E-state index is 13.6. The molecule has 0 atom stereocenters. The molecule has 0 aliphatic rings. The highest BCUT2D eigenvalue weighted by molar-refractivity contribution is 6.32.